The summed E-state index contributed by atoms with van der Waals surface area (Å²) < 4.78 is 0. The lowest BCUT2D eigenvalue weighted by Crippen LogP contribution is -2.14. The minimum absolute atomic E-state index is 0.812. The Balaban J connectivity index is 2.14. The molecule has 1 aliphatic rings. The van der Waals surface area contributed by atoms with Gasteiger partial charge in [-0.1, -0.05) is 103 Å². The minimum Gasteiger partial charge on any atom is -0.330 e. The molecule has 1 rings (SSSR count). The van der Waals surface area contributed by atoms with E-state index < -0.39 is 0 Å². The third-order valence-corrected chi connectivity index (χ3v) is 5.31. The Bertz CT molecular complexity index is 182. The zero-order chi connectivity index (χ0) is 15.0. The van der Waals surface area contributed by atoms with Crippen LogP contribution >= 0.6 is 0 Å². The summed E-state index contributed by atoms with van der Waals surface area (Å²) in [7, 11) is 0. The molecule has 0 aliphatic heterocycles. The first kappa shape index (κ1) is 19.0. The topological polar surface area (TPSA) is 26.0 Å². The molecule has 21 heavy (non-hydrogen) atoms. The van der Waals surface area contributed by atoms with E-state index >= 15 is 0 Å². The number of hydrogen-bond acceptors (Lipinski definition) is 1. The van der Waals surface area contributed by atoms with Crippen LogP contribution in [0.3, 0.4) is 0 Å². The van der Waals surface area contributed by atoms with E-state index in [1.807, 2.05) is 0 Å². The van der Waals surface area contributed by atoms with E-state index in [9.17, 15) is 0 Å². The molecule has 1 fully saturated rings. The monoisotopic (exact) mass is 295 g/mol. The highest BCUT2D eigenvalue weighted by atomic mass is 14.5. The Kier molecular flexibility index (Phi) is 13.5. The van der Waals surface area contributed by atoms with Crippen LogP contribution in [0.15, 0.2) is 0 Å². The molecule has 0 aromatic carbocycles. The quantitative estimate of drug-likeness (QED) is 0.579. The summed E-state index contributed by atoms with van der Waals surface area (Å²) in [6, 6.07) is 0. The first-order valence-electron chi connectivity index (χ1n) is 10.1. The maximum Gasteiger partial charge on any atom is -0.00489 e. The fraction of sp³-hybridized carbons (Fsp3) is 1.00. The SMILES string of the molecule is NCC1CCCCCCCCCCCCCCCCCC1. The minimum atomic E-state index is 0.812. The van der Waals surface area contributed by atoms with Crippen molar-refractivity contribution in [3.8, 4) is 0 Å². The molecule has 1 saturated carbocycles. The predicted molar refractivity (Wildman–Crippen MR) is 95.7 cm³/mol. The molecule has 0 aromatic heterocycles. The van der Waals surface area contributed by atoms with Crippen LogP contribution in [-0.2, 0) is 0 Å². The molecule has 1 heteroatoms. The Morgan fingerprint density at radius 3 is 0.905 bits per heavy atom. The molecule has 0 atom stereocenters. The van der Waals surface area contributed by atoms with Gasteiger partial charge in [0, 0.05) is 0 Å². The third-order valence-electron chi connectivity index (χ3n) is 5.31. The normalized spacial score (nSPS) is 23.9. The molecule has 2 N–H and O–H groups in total. The Morgan fingerprint density at radius 1 is 0.429 bits per heavy atom. The fourth-order valence-corrected chi connectivity index (χ4v) is 3.72. The third kappa shape index (κ3) is 12.2. The highest BCUT2D eigenvalue weighted by Gasteiger charge is 2.06. The summed E-state index contributed by atoms with van der Waals surface area (Å²) in [4.78, 5) is 0. The van der Waals surface area contributed by atoms with Crippen molar-refractivity contribution in [3.63, 3.8) is 0 Å². The lowest BCUT2D eigenvalue weighted by Gasteiger charge is -2.14. The van der Waals surface area contributed by atoms with Crippen LogP contribution in [0.2, 0.25) is 0 Å². The smallest absolute Gasteiger partial charge is 0.00489 e. The van der Waals surface area contributed by atoms with Gasteiger partial charge in [-0.3, -0.25) is 0 Å². The van der Waals surface area contributed by atoms with Gasteiger partial charge in [0.1, 0.15) is 0 Å². The van der Waals surface area contributed by atoms with E-state index in [0.29, 0.717) is 0 Å². The maximum atomic E-state index is 5.94. The van der Waals surface area contributed by atoms with Gasteiger partial charge in [-0.25, -0.2) is 0 Å². The van der Waals surface area contributed by atoms with Crippen molar-refractivity contribution in [2.75, 3.05) is 6.54 Å². The summed E-state index contributed by atoms with van der Waals surface area (Å²) in [6.45, 7) is 0.917. The molecule has 126 valence electrons. The van der Waals surface area contributed by atoms with E-state index in [1.165, 1.54) is 116 Å². The molecule has 0 spiro atoms. The summed E-state index contributed by atoms with van der Waals surface area (Å²) in [5, 5.41) is 0. The van der Waals surface area contributed by atoms with E-state index in [0.717, 1.165) is 12.5 Å². The lowest BCUT2D eigenvalue weighted by molar-refractivity contribution is 0.410. The zero-order valence-electron chi connectivity index (χ0n) is 14.6. The molecule has 0 amide bonds. The van der Waals surface area contributed by atoms with Crippen LogP contribution in [0.5, 0.6) is 0 Å². The van der Waals surface area contributed by atoms with E-state index in [2.05, 4.69) is 0 Å². The van der Waals surface area contributed by atoms with Crippen molar-refractivity contribution in [2.24, 2.45) is 11.7 Å². The highest BCUT2D eigenvalue weighted by molar-refractivity contribution is 4.61. The summed E-state index contributed by atoms with van der Waals surface area (Å²) in [5.74, 6) is 0.812. The van der Waals surface area contributed by atoms with Gasteiger partial charge < -0.3 is 5.73 Å². The first-order valence-corrected chi connectivity index (χ1v) is 10.1. The zero-order valence-corrected chi connectivity index (χ0v) is 14.6. The first-order chi connectivity index (χ1) is 10.4. The van der Waals surface area contributed by atoms with Crippen LogP contribution in [0.25, 0.3) is 0 Å². The Labute approximate surface area is 134 Å². The van der Waals surface area contributed by atoms with Crippen LogP contribution in [0.1, 0.15) is 116 Å². The van der Waals surface area contributed by atoms with Gasteiger partial charge in [0.25, 0.3) is 0 Å². The van der Waals surface area contributed by atoms with Crippen LogP contribution in [0, 0.1) is 5.92 Å². The maximum absolute atomic E-state index is 5.94. The van der Waals surface area contributed by atoms with Gasteiger partial charge in [-0.2, -0.15) is 0 Å². The van der Waals surface area contributed by atoms with E-state index in [-0.39, 0.29) is 0 Å². The molecule has 0 aromatic rings. The molecular formula is C20H41N. The van der Waals surface area contributed by atoms with Crippen molar-refractivity contribution >= 4 is 0 Å². The second-order valence-electron chi connectivity index (χ2n) is 7.34. The highest BCUT2D eigenvalue weighted by Crippen LogP contribution is 2.19. The molecule has 0 heterocycles. The van der Waals surface area contributed by atoms with Crippen molar-refractivity contribution in [3.05, 3.63) is 0 Å². The van der Waals surface area contributed by atoms with Crippen LogP contribution in [-0.4, -0.2) is 6.54 Å². The Morgan fingerprint density at radius 2 is 0.667 bits per heavy atom. The fourth-order valence-electron chi connectivity index (χ4n) is 3.72. The molecule has 1 aliphatic carbocycles. The molecule has 0 bridgehead atoms. The van der Waals surface area contributed by atoms with Gasteiger partial charge in [-0.15, -0.1) is 0 Å². The summed E-state index contributed by atoms with van der Waals surface area (Å²) in [6.07, 6.45) is 26.2. The molecule has 0 unspecified atom stereocenters. The van der Waals surface area contributed by atoms with Crippen LogP contribution in [0.4, 0.5) is 0 Å². The van der Waals surface area contributed by atoms with Gasteiger partial charge in [0.15, 0.2) is 0 Å². The van der Waals surface area contributed by atoms with E-state index in [4.69, 9.17) is 5.73 Å². The average Bonchev–Trinajstić information content (AvgIpc) is 2.51. The molecular weight excluding hydrogens is 254 g/mol. The molecule has 0 radical (unpaired) electrons. The van der Waals surface area contributed by atoms with Crippen LogP contribution < -0.4 is 5.73 Å². The van der Waals surface area contributed by atoms with Gasteiger partial charge in [0.2, 0.25) is 0 Å². The molecule has 0 saturated heterocycles. The van der Waals surface area contributed by atoms with Crippen molar-refractivity contribution < 1.29 is 0 Å². The summed E-state index contributed by atoms with van der Waals surface area (Å²) in [5.41, 5.74) is 5.94. The number of hydrogen-bond donors (Lipinski definition) is 1. The second kappa shape index (κ2) is 14.9. The average molecular weight is 296 g/mol. The summed E-state index contributed by atoms with van der Waals surface area (Å²) >= 11 is 0. The van der Waals surface area contributed by atoms with Gasteiger partial charge in [0.05, 0.1) is 0 Å². The Hall–Kier alpha value is -0.0400. The van der Waals surface area contributed by atoms with E-state index in [1.54, 1.807) is 0 Å². The van der Waals surface area contributed by atoms with Crippen molar-refractivity contribution in [2.45, 2.75) is 116 Å². The largest absolute Gasteiger partial charge is 0.330 e. The second-order valence-corrected chi connectivity index (χ2v) is 7.34. The van der Waals surface area contributed by atoms with Crippen molar-refractivity contribution in [1.82, 2.24) is 0 Å². The lowest BCUT2D eigenvalue weighted by atomic mass is 9.94. The predicted octanol–water partition coefficient (Wildman–Crippen LogP) is 6.60. The van der Waals surface area contributed by atoms with Gasteiger partial charge >= 0.3 is 0 Å². The molecule has 1 nitrogen and oxygen atoms in total. The van der Waals surface area contributed by atoms with Crippen molar-refractivity contribution in [1.29, 1.82) is 0 Å². The number of nitrogens with two attached hydrogens (primary N) is 1. The number of rotatable bonds is 1. The standard InChI is InChI=1S/C20H41N/c21-19-20-17-15-13-11-9-7-5-3-1-2-4-6-8-10-12-14-16-18-20/h20H,1-19,21H2. The van der Waals surface area contributed by atoms with Gasteiger partial charge in [-0.05, 0) is 25.3 Å².